The molecule has 134 valence electrons. The Kier molecular flexibility index (Phi) is 3.79. The van der Waals surface area contributed by atoms with Crippen molar-refractivity contribution in [3.8, 4) is 0 Å². The molecule has 2 bridgehead atoms. The predicted molar refractivity (Wildman–Crippen MR) is 101 cm³/mol. The zero-order valence-electron chi connectivity index (χ0n) is 14.4. The number of aromatic amines is 1. The summed E-state index contributed by atoms with van der Waals surface area (Å²) in [7, 11) is 0. The highest BCUT2D eigenvalue weighted by Crippen LogP contribution is 2.45. The van der Waals surface area contributed by atoms with Crippen LogP contribution >= 0.6 is 11.3 Å². The van der Waals surface area contributed by atoms with E-state index >= 15 is 0 Å². The van der Waals surface area contributed by atoms with Gasteiger partial charge in [-0.3, -0.25) is 4.79 Å². The maximum Gasteiger partial charge on any atom is 0.228 e. The van der Waals surface area contributed by atoms with Gasteiger partial charge in [0.25, 0.3) is 0 Å². The van der Waals surface area contributed by atoms with E-state index in [9.17, 15) is 4.79 Å². The summed E-state index contributed by atoms with van der Waals surface area (Å²) in [6.45, 7) is 0.532. The van der Waals surface area contributed by atoms with Crippen LogP contribution < -0.4 is 10.6 Å². The molecule has 4 heterocycles. The van der Waals surface area contributed by atoms with E-state index in [-0.39, 0.29) is 17.4 Å². The largest absolute Gasteiger partial charge is 0.351 e. The highest BCUT2D eigenvalue weighted by Gasteiger charge is 2.55. The Balaban J connectivity index is 1.35. The molecule has 0 spiro atoms. The zero-order valence-corrected chi connectivity index (χ0v) is 15.2. The fourth-order valence-electron chi connectivity index (χ4n) is 4.62. The molecular weight excluding hydrogens is 346 g/mol. The van der Waals surface area contributed by atoms with Gasteiger partial charge in [-0.25, -0.2) is 9.97 Å². The number of benzene rings is 1. The standard InChI is InChI=1S/C19H21N5OS/c25-18(20-8-12-1-3-15-16(5-12)22-10-21-15)19(7-14-9-26-11-23-14)6-13-2-4-17(19)24-13/h1,3,5,9-11,13,17,24H,2,4,6-8H2,(H,20,25)(H,21,22)/t13-,17+,19-/m1/s1. The predicted octanol–water partition coefficient (Wildman–Crippen LogP) is 2.39. The van der Waals surface area contributed by atoms with Gasteiger partial charge in [0, 0.05) is 30.4 Å². The summed E-state index contributed by atoms with van der Waals surface area (Å²) in [5.41, 5.74) is 5.51. The van der Waals surface area contributed by atoms with Crippen molar-refractivity contribution in [3.05, 3.63) is 46.7 Å². The summed E-state index contributed by atoms with van der Waals surface area (Å²) in [6.07, 6.45) is 5.56. The van der Waals surface area contributed by atoms with E-state index in [1.807, 2.05) is 17.6 Å². The average molecular weight is 367 g/mol. The maximum atomic E-state index is 13.3. The van der Waals surface area contributed by atoms with E-state index in [2.05, 4.69) is 37.0 Å². The van der Waals surface area contributed by atoms with Gasteiger partial charge in [0.15, 0.2) is 0 Å². The van der Waals surface area contributed by atoms with E-state index in [1.165, 1.54) is 6.42 Å². The summed E-state index contributed by atoms with van der Waals surface area (Å²) >= 11 is 1.59. The Bertz CT molecular complexity index is 936. The molecule has 0 radical (unpaired) electrons. The van der Waals surface area contributed by atoms with Gasteiger partial charge in [-0.15, -0.1) is 11.3 Å². The Hall–Kier alpha value is -2.25. The first-order chi connectivity index (χ1) is 12.7. The first-order valence-corrected chi connectivity index (χ1v) is 10.0. The number of nitrogens with one attached hydrogen (secondary N) is 3. The molecule has 2 saturated heterocycles. The van der Waals surface area contributed by atoms with Crippen molar-refractivity contribution >= 4 is 28.3 Å². The molecule has 2 aliphatic heterocycles. The van der Waals surface area contributed by atoms with Gasteiger partial charge in [0.1, 0.15) is 0 Å². The number of imidazole rings is 1. The molecule has 0 unspecified atom stereocenters. The summed E-state index contributed by atoms with van der Waals surface area (Å²) in [5, 5.41) is 8.89. The normalized spacial score (nSPS) is 27.2. The fourth-order valence-corrected chi connectivity index (χ4v) is 5.18. The quantitative estimate of drug-likeness (QED) is 0.647. The molecule has 7 heteroatoms. The van der Waals surface area contributed by atoms with Crippen LogP contribution in [0, 0.1) is 5.41 Å². The minimum atomic E-state index is -0.380. The molecule has 2 fully saturated rings. The molecule has 0 aliphatic carbocycles. The number of nitrogens with zero attached hydrogens (tertiary/aromatic N) is 2. The minimum absolute atomic E-state index is 0.148. The van der Waals surface area contributed by atoms with Crippen molar-refractivity contribution in [3.63, 3.8) is 0 Å². The van der Waals surface area contributed by atoms with Crippen molar-refractivity contribution in [2.45, 2.75) is 44.3 Å². The lowest BCUT2D eigenvalue weighted by Crippen LogP contribution is -2.49. The first-order valence-electron chi connectivity index (χ1n) is 9.06. The van der Waals surface area contributed by atoms with Crippen molar-refractivity contribution in [2.75, 3.05) is 0 Å². The number of H-pyrrole nitrogens is 1. The molecule has 5 rings (SSSR count). The third kappa shape index (κ3) is 2.62. The Morgan fingerprint density at radius 3 is 3.08 bits per heavy atom. The zero-order chi connectivity index (χ0) is 17.6. The topological polar surface area (TPSA) is 82.7 Å². The minimum Gasteiger partial charge on any atom is -0.351 e. The highest BCUT2D eigenvalue weighted by molar-refractivity contribution is 7.07. The van der Waals surface area contributed by atoms with Gasteiger partial charge in [-0.1, -0.05) is 6.07 Å². The number of fused-ring (bicyclic) bond motifs is 3. The van der Waals surface area contributed by atoms with E-state index in [0.29, 0.717) is 12.6 Å². The SMILES string of the molecule is O=C(NCc1ccc2nc[nH]c2c1)[C@@]1(Cc2cscn2)C[C@H]2CC[C@@H]1N2. The molecule has 1 amide bonds. The van der Waals surface area contributed by atoms with E-state index in [0.717, 1.165) is 41.6 Å². The molecule has 6 nitrogen and oxygen atoms in total. The van der Waals surface area contributed by atoms with Gasteiger partial charge in [-0.05, 0) is 37.0 Å². The van der Waals surface area contributed by atoms with Crippen LogP contribution in [0.15, 0.2) is 35.4 Å². The number of thiazole rings is 1. The molecular formula is C19H21N5OS. The average Bonchev–Trinajstić information content (AvgIpc) is 3.43. The lowest BCUT2D eigenvalue weighted by molar-refractivity contribution is -0.132. The van der Waals surface area contributed by atoms with E-state index in [1.54, 1.807) is 17.7 Å². The molecule has 2 aromatic heterocycles. The molecule has 3 N–H and O–H groups in total. The second-order valence-corrected chi connectivity index (χ2v) is 8.17. The van der Waals surface area contributed by atoms with Gasteiger partial charge in [0.05, 0.1) is 34.0 Å². The number of rotatable bonds is 5. The third-order valence-corrected chi connectivity index (χ3v) is 6.52. The molecule has 3 atom stereocenters. The highest BCUT2D eigenvalue weighted by atomic mass is 32.1. The van der Waals surface area contributed by atoms with Crippen molar-refractivity contribution < 1.29 is 4.79 Å². The van der Waals surface area contributed by atoms with Gasteiger partial charge in [-0.2, -0.15) is 0 Å². The van der Waals surface area contributed by atoms with Crippen LogP contribution in [0.2, 0.25) is 0 Å². The van der Waals surface area contributed by atoms with Crippen LogP contribution in [0.5, 0.6) is 0 Å². The van der Waals surface area contributed by atoms with Gasteiger partial charge >= 0.3 is 0 Å². The number of amides is 1. The molecule has 3 aromatic rings. The molecule has 2 aliphatic rings. The lowest BCUT2D eigenvalue weighted by atomic mass is 9.70. The second kappa shape index (κ2) is 6.17. The molecule has 26 heavy (non-hydrogen) atoms. The summed E-state index contributed by atoms with van der Waals surface area (Å²) in [4.78, 5) is 25.1. The van der Waals surface area contributed by atoms with Crippen LogP contribution in [0.25, 0.3) is 11.0 Å². The fraction of sp³-hybridized carbons (Fsp3) is 0.421. The lowest BCUT2D eigenvalue weighted by Gasteiger charge is -2.34. The van der Waals surface area contributed by atoms with Crippen LogP contribution in [-0.4, -0.2) is 32.9 Å². The molecule has 1 aromatic carbocycles. The number of carbonyl (C=O) groups is 1. The Morgan fingerprint density at radius 2 is 2.31 bits per heavy atom. The maximum absolute atomic E-state index is 13.3. The second-order valence-electron chi connectivity index (χ2n) is 7.45. The summed E-state index contributed by atoms with van der Waals surface area (Å²) < 4.78 is 0. The molecule has 0 saturated carbocycles. The number of carbonyl (C=O) groups excluding carboxylic acids is 1. The van der Waals surface area contributed by atoms with Crippen LogP contribution in [0.3, 0.4) is 0 Å². The Labute approximate surface area is 155 Å². The number of hydrogen-bond acceptors (Lipinski definition) is 5. The van der Waals surface area contributed by atoms with Crippen molar-refractivity contribution in [2.24, 2.45) is 5.41 Å². The van der Waals surface area contributed by atoms with Crippen LogP contribution in [-0.2, 0) is 17.8 Å². The van der Waals surface area contributed by atoms with Crippen LogP contribution in [0.4, 0.5) is 0 Å². The van der Waals surface area contributed by atoms with Gasteiger partial charge in [0.2, 0.25) is 5.91 Å². The Morgan fingerprint density at radius 1 is 1.35 bits per heavy atom. The van der Waals surface area contributed by atoms with E-state index in [4.69, 9.17) is 0 Å². The monoisotopic (exact) mass is 367 g/mol. The summed E-state index contributed by atoms with van der Waals surface area (Å²) in [6, 6.07) is 6.77. The number of aromatic nitrogens is 3. The first kappa shape index (κ1) is 16.0. The smallest absolute Gasteiger partial charge is 0.228 e. The summed E-state index contributed by atoms with van der Waals surface area (Å²) in [5.74, 6) is 0.148. The van der Waals surface area contributed by atoms with Crippen molar-refractivity contribution in [1.29, 1.82) is 0 Å². The van der Waals surface area contributed by atoms with Crippen LogP contribution in [0.1, 0.15) is 30.5 Å². The van der Waals surface area contributed by atoms with E-state index < -0.39 is 0 Å². The number of hydrogen-bond donors (Lipinski definition) is 3. The van der Waals surface area contributed by atoms with Gasteiger partial charge < -0.3 is 15.6 Å². The van der Waals surface area contributed by atoms with Crippen molar-refractivity contribution in [1.82, 2.24) is 25.6 Å². The third-order valence-electron chi connectivity index (χ3n) is 5.89.